The highest BCUT2D eigenvalue weighted by atomic mass is 32.2. The minimum Gasteiger partial charge on any atom is -0.368 e. The first-order valence-corrected chi connectivity index (χ1v) is 9.09. The summed E-state index contributed by atoms with van der Waals surface area (Å²) in [5, 5.41) is 3.23. The van der Waals surface area contributed by atoms with Crippen molar-refractivity contribution in [2.24, 2.45) is 5.73 Å². The van der Waals surface area contributed by atoms with Gasteiger partial charge in [-0.25, -0.2) is 8.42 Å². The lowest BCUT2D eigenvalue weighted by Gasteiger charge is -2.32. The zero-order chi connectivity index (χ0) is 15.0. The SMILES string of the molecule is CCNC1(C(N)=O)CCC(N(C)C2CCS(=O)(=O)C2)C1. The number of nitrogens with two attached hydrogens (primary N) is 1. The van der Waals surface area contributed by atoms with Crippen LogP contribution in [0.3, 0.4) is 0 Å². The summed E-state index contributed by atoms with van der Waals surface area (Å²) >= 11 is 0. The number of carbonyl (C=O) groups is 1. The number of hydrogen-bond donors (Lipinski definition) is 2. The third kappa shape index (κ3) is 2.99. The molecule has 2 fully saturated rings. The number of amides is 1. The van der Waals surface area contributed by atoms with Gasteiger partial charge in [0.05, 0.1) is 17.0 Å². The second-order valence-electron chi connectivity index (χ2n) is 6.10. The molecule has 1 amide bonds. The number of likely N-dealkylation sites (N-methyl/N-ethyl adjacent to an activating group) is 1. The van der Waals surface area contributed by atoms with E-state index in [1.807, 2.05) is 14.0 Å². The van der Waals surface area contributed by atoms with Crippen molar-refractivity contribution in [3.8, 4) is 0 Å². The van der Waals surface area contributed by atoms with E-state index in [2.05, 4.69) is 10.2 Å². The van der Waals surface area contributed by atoms with Crippen LogP contribution in [0.4, 0.5) is 0 Å². The first kappa shape index (κ1) is 15.7. The molecule has 1 aliphatic heterocycles. The third-order valence-electron chi connectivity index (χ3n) is 4.84. The van der Waals surface area contributed by atoms with E-state index in [0.29, 0.717) is 19.4 Å². The van der Waals surface area contributed by atoms with Crippen molar-refractivity contribution >= 4 is 15.7 Å². The van der Waals surface area contributed by atoms with E-state index in [4.69, 9.17) is 5.73 Å². The molecule has 116 valence electrons. The predicted octanol–water partition coefficient (Wildman–Crippen LogP) is -0.509. The zero-order valence-electron chi connectivity index (χ0n) is 12.3. The molecule has 6 nitrogen and oxygen atoms in total. The van der Waals surface area contributed by atoms with Crippen LogP contribution in [0.2, 0.25) is 0 Å². The average Bonchev–Trinajstić information content (AvgIpc) is 2.94. The van der Waals surface area contributed by atoms with E-state index in [9.17, 15) is 13.2 Å². The van der Waals surface area contributed by atoms with Gasteiger partial charge in [-0.2, -0.15) is 0 Å². The summed E-state index contributed by atoms with van der Waals surface area (Å²) in [4.78, 5) is 13.9. The van der Waals surface area contributed by atoms with Gasteiger partial charge >= 0.3 is 0 Å². The summed E-state index contributed by atoms with van der Waals surface area (Å²) in [7, 11) is -0.903. The van der Waals surface area contributed by atoms with Crippen LogP contribution in [0.15, 0.2) is 0 Å². The van der Waals surface area contributed by atoms with Gasteiger partial charge in [0.25, 0.3) is 0 Å². The summed E-state index contributed by atoms with van der Waals surface area (Å²) in [6.45, 7) is 2.67. The smallest absolute Gasteiger partial charge is 0.237 e. The number of carbonyl (C=O) groups excluding carboxylic acids is 1. The Bertz CT molecular complexity index is 479. The second-order valence-corrected chi connectivity index (χ2v) is 8.32. The van der Waals surface area contributed by atoms with Crippen LogP contribution in [0.1, 0.15) is 32.6 Å². The van der Waals surface area contributed by atoms with Crippen LogP contribution in [-0.2, 0) is 14.6 Å². The van der Waals surface area contributed by atoms with E-state index in [1.165, 1.54) is 0 Å². The standard InChI is InChI=1S/C13H25N3O3S/c1-3-15-13(12(14)17)6-4-10(8-13)16(2)11-5-7-20(18,19)9-11/h10-11,15H,3-9H2,1-2H3,(H2,14,17). The second kappa shape index (κ2) is 5.61. The highest BCUT2D eigenvalue weighted by Crippen LogP contribution is 2.34. The number of primary amides is 1. The van der Waals surface area contributed by atoms with E-state index >= 15 is 0 Å². The van der Waals surface area contributed by atoms with E-state index in [1.54, 1.807) is 0 Å². The maximum Gasteiger partial charge on any atom is 0.237 e. The minimum atomic E-state index is -2.87. The van der Waals surface area contributed by atoms with Gasteiger partial charge in [0.15, 0.2) is 9.84 Å². The minimum absolute atomic E-state index is 0.0790. The monoisotopic (exact) mass is 303 g/mol. The Labute approximate surface area is 121 Å². The third-order valence-corrected chi connectivity index (χ3v) is 6.59. The van der Waals surface area contributed by atoms with Gasteiger partial charge in [-0.15, -0.1) is 0 Å². The maximum atomic E-state index is 11.8. The van der Waals surface area contributed by atoms with Crippen LogP contribution >= 0.6 is 0 Å². The molecule has 1 heterocycles. The van der Waals surface area contributed by atoms with Crippen molar-refractivity contribution in [1.29, 1.82) is 0 Å². The average molecular weight is 303 g/mol. The van der Waals surface area contributed by atoms with E-state index in [-0.39, 0.29) is 29.5 Å². The summed E-state index contributed by atoms with van der Waals surface area (Å²) < 4.78 is 23.2. The molecule has 2 rings (SSSR count). The van der Waals surface area contributed by atoms with Gasteiger partial charge in [-0.1, -0.05) is 6.92 Å². The highest BCUT2D eigenvalue weighted by molar-refractivity contribution is 7.91. The Hall–Kier alpha value is -0.660. The van der Waals surface area contributed by atoms with Crippen molar-refractivity contribution in [1.82, 2.24) is 10.2 Å². The molecule has 0 spiro atoms. The van der Waals surface area contributed by atoms with Gasteiger partial charge in [-0.3, -0.25) is 9.69 Å². The van der Waals surface area contributed by atoms with E-state index < -0.39 is 15.4 Å². The molecular weight excluding hydrogens is 278 g/mol. The molecule has 20 heavy (non-hydrogen) atoms. The molecule has 3 atom stereocenters. The summed E-state index contributed by atoms with van der Waals surface area (Å²) in [6, 6.07) is 0.301. The molecule has 3 unspecified atom stereocenters. The molecule has 1 aliphatic carbocycles. The topological polar surface area (TPSA) is 92.5 Å². The summed E-state index contributed by atoms with van der Waals surface area (Å²) in [5.41, 5.74) is 4.94. The lowest BCUT2D eigenvalue weighted by atomic mass is 9.96. The van der Waals surface area contributed by atoms with Gasteiger partial charge in [0, 0.05) is 12.1 Å². The van der Waals surface area contributed by atoms with Gasteiger partial charge in [-0.05, 0) is 39.3 Å². The largest absolute Gasteiger partial charge is 0.368 e. The van der Waals surface area contributed by atoms with Crippen molar-refractivity contribution in [3.63, 3.8) is 0 Å². The molecule has 0 bridgehead atoms. The molecule has 7 heteroatoms. The number of rotatable bonds is 5. The molecule has 1 saturated carbocycles. The number of hydrogen-bond acceptors (Lipinski definition) is 5. The van der Waals surface area contributed by atoms with Crippen LogP contribution in [0, 0.1) is 0 Å². The van der Waals surface area contributed by atoms with E-state index in [0.717, 1.165) is 12.8 Å². The van der Waals surface area contributed by atoms with Crippen molar-refractivity contribution in [2.75, 3.05) is 25.1 Å². The van der Waals surface area contributed by atoms with Crippen LogP contribution in [-0.4, -0.2) is 61.9 Å². The lowest BCUT2D eigenvalue weighted by Crippen LogP contribution is -2.54. The summed E-state index contributed by atoms with van der Waals surface area (Å²) in [6.07, 6.45) is 2.97. The van der Waals surface area contributed by atoms with Gasteiger partial charge in [0.2, 0.25) is 5.91 Å². The zero-order valence-corrected chi connectivity index (χ0v) is 13.1. The Balaban J connectivity index is 2.03. The fourth-order valence-corrected chi connectivity index (χ4v) is 5.36. The number of sulfone groups is 1. The molecule has 0 aromatic heterocycles. The Morgan fingerprint density at radius 2 is 2.10 bits per heavy atom. The van der Waals surface area contributed by atoms with Crippen LogP contribution in [0.25, 0.3) is 0 Å². The van der Waals surface area contributed by atoms with Crippen molar-refractivity contribution in [2.45, 2.75) is 50.2 Å². The van der Waals surface area contributed by atoms with Crippen LogP contribution in [0.5, 0.6) is 0 Å². The Morgan fingerprint density at radius 1 is 1.40 bits per heavy atom. The molecule has 0 radical (unpaired) electrons. The normalized spacial score (nSPS) is 36.5. The Morgan fingerprint density at radius 3 is 2.60 bits per heavy atom. The molecule has 2 aliphatic rings. The number of nitrogens with one attached hydrogen (secondary N) is 1. The fourth-order valence-electron chi connectivity index (χ4n) is 3.57. The molecular formula is C13H25N3O3S. The Kier molecular flexibility index (Phi) is 4.41. The molecule has 0 aromatic carbocycles. The van der Waals surface area contributed by atoms with Gasteiger partial charge < -0.3 is 11.1 Å². The van der Waals surface area contributed by atoms with Crippen LogP contribution < -0.4 is 11.1 Å². The van der Waals surface area contributed by atoms with Crippen molar-refractivity contribution in [3.05, 3.63) is 0 Å². The van der Waals surface area contributed by atoms with Gasteiger partial charge in [0.1, 0.15) is 0 Å². The quantitative estimate of drug-likeness (QED) is 0.714. The fraction of sp³-hybridized carbons (Fsp3) is 0.923. The number of nitrogens with zero attached hydrogens (tertiary/aromatic N) is 1. The maximum absolute atomic E-state index is 11.8. The highest BCUT2D eigenvalue weighted by Gasteiger charge is 2.46. The van der Waals surface area contributed by atoms with Crippen molar-refractivity contribution < 1.29 is 13.2 Å². The lowest BCUT2D eigenvalue weighted by molar-refractivity contribution is -0.124. The molecule has 3 N–H and O–H groups in total. The molecule has 0 aromatic rings. The predicted molar refractivity (Wildman–Crippen MR) is 78.1 cm³/mol. The summed E-state index contributed by atoms with van der Waals surface area (Å²) in [5.74, 6) is 0.225. The molecule has 1 saturated heterocycles. The first-order chi connectivity index (χ1) is 9.30. The first-order valence-electron chi connectivity index (χ1n) is 7.27.